The largest absolute Gasteiger partial charge is 0.455 e. The SMILES string of the molecule is C=C/C=C(\C=C)c1ccc(-c2ccccc2N(c2ccc(-c3ccc4c(ccc5ccccc54)c3)cc2)c2ccc(-c3cccc4c3oc3ccccc34)cc2)cc1. The summed E-state index contributed by atoms with van der Waals surface area (Å²) in [5.41, 5.74) is 13.9. The molecule has 0 saturated heterocycles. The number of benzene rings is 9. The summed E-state index contributed by atoms with van der Waals surface area (Å²) in [5.74, 6) is 0. The van der Waals surface area contributed by atoms with Gasteiger partial charge in [-0.05, 0) is 97.4 Å². The maximum Gasteiger partial charge on any atom is 0.143 e. The van der Waals surface area contributed by atoms with Crippen molar-refractivity contribution in [3.8, 4) is 33.4 Å². The van der Waals surface area contributed by atoms with Crippen LogP contribution in [0.1, 0.15) is 5.56 Å². The van der Waals surface area contributed by atoms with Crippen molar-refractivity contribution >= 4 is 66.1 Å². The number of rotatable bonds is 9. The molecule has 274 valence electrons. The summed E-state index contributed by atoms with van der Waals surface area (Å²) in [6.45, 7) is 7.90. The third kappa shape index (κ3) is 6.18. The molecular weight excluding hydrogens is 703 g/mol. The number of nitrogens with zero attached hydrogens (tertiary/aromatic N) is 1. The van der Waals surface area contributed by atoms with Crippen molar-refractivity contribution in [2.24, 2.45) is 0 Å². The zero-order valence-corrected chi connectivity index (χ0v) is 32.0. The molecule has 1 aromatic heterocycles. The van der Waals surface area contributed by atoms with Gasteiger partial charge in [0, 0.05) is 33.3 Å². The highest BCUT2D eigenvalue weighted by atomic mass is 16.3. The van der Waals surface area contributed by atoms with Crippen molar-refractivity contribution < 1.29 is 4.42 Å². The molecule has 9 aromatic carbocycles. The standard InChI is InChI=1S/C56H39NO/c1-3-12-38(4-2)39-21-23-42(24-22-39)50-15-7-9-19-54(50)57(47-34-29-43(30-35-47)51-17-11-18-53-52-16-8-10-20-55(52)58-56(51)53)46-32-27-40(28-33-46)44-31-36-49-45(37-44)26-25-41-13-5-6-14-48(41)49/h3-37H,1-2H2/b38-12+. The Morgan fingerprint density at radius 1 is 0.448 bits per heavy atom. The van der Waals surface area contributed by atoms with Crippen molar-refractivity contribution in [2.75, 3.05) is 4.90 Å². The van der Waals surface area contributed by atoms with Gasteiger partial charge in [-0.3, -0.25) is 0 Å². The molecule has 0 amide bonds. The van der Waals surface area contributed by atoms with Gasteiger partial charge in [0.2, 0.25) is 0 Å². The zero-order chi connectivity index (χ0) is 39.0. The second-order valence-corrected chi connectivity index (χ2v) is 14.6. The monoisotopic (exact) mass is 741 g/mol. The van der Waals surface area contributed by atoms with Gasteiger partial charge in [0.05, 0.1) is 5.69 Å². The van der Waals surface area contributed by atoms with E-state index in [2.05, 4.69) is 200 Å². The van der Waals surface area contributed by atoms with E-state index in [9.17, 15) is 0 Å². The molecule has 0 bridgehead atoms. The number of furan rings is 1. The molecule has 0 aliphatic heterocycles. The average molecular weight is 742 g/mol. The Bertz CT molecular complexity index is 3180. The number of fused-ring (bicyclic) bond motifs is 6. The maximum absolute atomic E-state index is 6.43. The first kappa shape index (κ1) is 34.8. The smallest absolute Gasteiger partial charge is 0.143 e. The van der Waals surface area contributed by atoms with Crippen molar-refractivity contribution in [3.63, 3.8) is 0 Å². The lowest BCUT2D eigenvalue weighted by molar-refractivity contribution is 0.670. The highest BCUT2D eigenvalue weighted by Crippen LogP contribution is 2.43. The van der Waals surface area contributed by atoms with Crippen LogP contribution in [0.2, 0.25) is 0 Å². The van der Waals surface area contributed by atoms with E-state index in [0.29, 0.717) is 0 Å². The first-order chi connectivity index (χ1) is 28.7. The molecule has 0 spiro atoms. The minimum atomic E-state index is 0.899. The molecular formula is C56H39NO. The quantitative estimate of drug-likeness (QED) is 0.108. The zero-order valence-electron chi connectivity index (χ0n) is 32.0. The van der Waals surface area contributed by atoms with Crippen LogP contribution < -0.4 is 4.90 Å². The Morgan fingerprint density at radius 3 is 1.81 bits per heavy atom. The molecule has 10 rings (SSSR count). The van der Waals surface area contributed by atoms with Crippen LogP contribution in [0.4, 0.5) is 17.1 Å². The van der Waals surface area contributed by atoms with Gasteiger partial charge in [0.25, 0.3) is 0 Å². The molecule has 0 aliphatic rings. The van der Waals surface area contributed by atoms with Gasteiger partial charge >= 0.3 is 0 Å². The molecule has 0 radical (unpaired) electrons. The predicted molar refractivity (Wildman–Crippen MR) is 248 cm³/mol. The van der Waals surface area contributed by atoms with Crippen LogP contribution in [-0.4, -0.2) is 0 Å². The topological polar surface area (TPSA) is 16.4 Å². The van der Waals surface area contributed by atoms with Gasteiger partial charge in [0.1, 0.15) is 11.2 Å². The molecule has 0 unspecified atom stereocenters. The summed E-state index contributed by atoms with van der Waals surface area (Å²) in [5, 5.41) is 7.30. The Balaban J connectivity index is 1.07. The molecule has 2 heteroatoms. The van der Waals surface area contributed by atoms with Gasteiger partial charge in [-0.2, -0.15) is 0 Å². The van der Waals surface area contributed by atoms with E-state index < -0.39 is 0 Å². The van der Waals surface area contributed by atoms with Crippen molar-refractivity contribution in [1.29, 1.82) is 0 Å². The Kier molecular flexibility index (Phi) is 8.85. The fraction of sp³-hybridized carbons (Fsp3) is 0. The van der Waals surface area contributed by atoms with E-state index in [0.717, 1.165) is 72.4 Å². The second kappa shape index (κ2) is 14.8. The first-order valence-corrected chi connectivity index (χ1v) is 19.6. The van der Waals surface area contributed by atoms with E-state index in [-0.39, 0.29) is 0 Å². The summed E-state index contributed by atoms with van der Waals surface area (Å²) < 4.78 is 6.43. The molecule has 0 fully saturated rings. The highest BCUT2D eigenvalue weighted by molar-refractivity contribution is 6.10. The predicted octanol–water partition coefficient (Wildman–Crippen LogP) is 16.1. The lowest BCUT2D eigenvalue weighted by Crippen LogP contribution is -2.11. The summed E-state index contributed by atoms with van der Waals surface area (Å²) in [6, 6.07) is 69.6. The molecule has 0 N–H and O–H groups in total. The molecule has 0 aliphatic carbocycles. The summed E-state index contributed by atoms with van der Waals surface area (Å²) in [6.07, 6.45) is 5.65. The van der Waals surface area contributed by atoms with Crippen LogP contribution >= 0.6 is 0 Å². The first-order valence-electron chi connectivity index (χ1n) is 19.6. The maximum atomic E-state index is 6.43. The normalized spacial score (nSPS) is 11.7. The average Bonchev–Trinajstić information content (AvgIpc) is 3.68. The second-order valence-electron chi connectivity index (χ2n) is 14.6. The Hall–Kier alpha value is -7.68. The minimum Gasteiger partial charge on any atom is -0.455 e. The number of allylic oxidation sites excluding steroid dienone is 4. The van der Waals surface area contributed by atoms with E-state index in [4.69, 9.17) is 4.42 Å². The van der Waals surface area contributed by atoms with E-state index in [1.54, 1.807) is 6.08 Å². The number of para-hydroxylation sites is 3. The molecule has 2 nitrogen and oxygen atoms in total. The van der Waals surface area contributed by atoms with E-state index in [1.165, 1.54) is 32.7 Å². The Labute approximate surface area is 338 Å². The molecule has 10 aromatic rings. The van der Waals surface area contributed by atoms with Crippen molar-refractivity contribution in [3.05, 3.63) is 231 Å². The lowest BCUT2D eigenvalue weighted by atomic mass is 9.96. The number of anilines is 3. The summed E-state index contributed by atoms with van der Waals surface area (Å²) in [4.78, 5) is 2.36. The van der Waals surface area contributed by atoms with E-state index >= 15 is 0 Å². The van der Waals surface area contributed by atoms with Gasteiger partial charge in [0.15, 0.2) is 0 Å². The van der Waals surface area contributed by atoms with Crippen molar-refractivity contribution in [1.82, 2.24) is 0 Å². The van der Waals surface area contributed by atoms with Crippen LogP contribution in [0.25, 0.3) is 82.4 Å². The van der Waals surface area contributed by atoms with Crippen molar-refractivity contribution in [2.45, 2.75) is 0 Å². The summed E-state index contributed by atoms with van der Waals surface area (Å²) >= 11 is 0. The van der Waals surface area contributed by atoms with Crippen LogP contribution in [0.3, 0.4) is 0 Å². The van der Waals surface area contributed by atoms with Gasteiger partial charge in [-0.1, -0.05) is 183 Å². The van der Waals surface area contributed by atoms with Crippen LogP contribution in [-0.2, 0) is 0 Å². The van der Waals surface area contributed by atoms with Gasteiger partial charge < -0.3 is 9.32 Å². The fourth-order valence-corrected chi connectivity index (χ4v) is 8.35. The lowest BCUT2D eigenvalue weighted by Gasteiger charge is -2.28. The van der Waals surface area contributed by atoms with Gasteiger partial charge in [-0.15, -0.1) is 0 Å². The number of hydrogen-bond acceptors (Lipinski definition) is 2. The molecule has 58 heavy (non-hydrogen) atoms. The third-order valence-corrected chi connectivity index (χ3v) is 11.2. The fourth-order valence-electron chi connectivity index (χ4n) is 8.35. The van der Waals surface area contributed by atoms with Crippen LogP contribution in [0.15, 0.2) is 230 Å². The minimum absolute atomic E-state index is 0.899. The number of hydrogen-bond donors (Lipinski definition) is 0. The van der Waals surface area contributed by atoms with Gasteiger partial charge in [-0.25, -0.2) is 0 Å². The molecule has 0 saturated carbocycles. The van der Waals surface area contributed by atoms with Crippen LogP contribution in [0.5, 0.6) is 0 Å². The van der Waals surface area contributed by atoms with E-state index in [1.807, 2.05) is 24.3 Å². The molecule has 0 atom stereocenters. The molecule has 1 heterocycles. The third-order valence-electron chi connectivity index (χ3n) is 11.2. The van der Waals surface area contributed by atoms with Crippen LogP contribution in [0, 0.1) is 0 Å². The highest BCUT2D eigenvalue weighted by Gasteiger charge is 2.19. The Morgan fingerprint density at radius 2 is 1.03 bits per heavy atom. The summed E-state index contributed by atoms with van der Waals surface area (Å²) in [7, 11) is 0.